The van der Waals surface area contributed by atoms with E-state index in [2.05, 4.69) is 19.2 Å². The normalized spacial score (nSPS) is 18.4. The molecule has 110 valence electrons. The third-order valence-corrected chi connectivity index (χ3v) is 3.83. The molecule has 2 unspecified atom stereocenters. The maximum Gasteiger partial charge on any atom is 0.265 e. The highest BCUT2D eigenvalue weighted by molar-refractivity contribution is 5.83. The van der Waals surface area contributed by atoms with E-state index < -0.39 is 6.10 Å². The molecule has 1 aliphatic rings. The molecule has 4 nitrogen and oxygen atoms in total. The first kappa shape index (κ1) is 14.7. The molecule has 0 bridgehead atoms. The summed E-state index contributed by atoms with van der Waals surface area (Å²) in [6.07, 6.45) is 0.657. The van der Waals surface area contributed by atoms with Crippen LogP contribution in [0.2, 0.25) is 0 Å². The van der Waals surface area contributed by atoms with Crippen molar-refractivity contribution in [2.45, 2.75) is 33.3 Å². The van der Waals surface area contributed by atoms with Crippen LogP contribution in [-0.4, -0.2) is 36.5 Å². The Balaban J connectivity index is 2.03. The van der Waals surface area contributed by atoms with Crippen LogP contribution in [-0.2, 0) is 4.79 Å². The first-order valence-corrected chi connectivity index (χ1v) is 7.44. The Hall–Kier alpha value is -1.71. The van der Waals surface area contributed by atoms with E-state index in [1.807, 2.05) is 36.1 Å². The van der Waals surface area contributed by atoms with E-state index in [1.54, 1.807) is 0 Å². The summed E-state index contributed by atoms with van der Waals surface area (Å²) in [5.41, 5.74) is 0.960. The van der Waals surface area contributed by atoms with Crippen molar-refractivity contribution in [3.05, 3.63) is 24.3 Å². The van der Waals surface area contributed by atoms with Crippen molar-refractivity contribution in [2.75, 3.05) is 25.0 Å². The quantitative estimate of drug-likeness (QED) is 0.899. The van der Waals surface area contributed by atoms with Gasteiger partial charge in [-0.1, -0.05) is 32.4 Å². The van der Waals surface area contributed by atoms with Crippen molar-refractivity contribution >= 4 is 11.6 Å². The number of carbonyl (C=O) groups is 1. The Bertz CT molecular complexity index is 462. The monoisotopic (exact) mass is 276 g/mol. The lowest BCUT2D eigenvalue weighted by Gasteiger charge is -2.32. The van der Waals surface area contributed by atoms with Gasteiger partial charge in [0, 0.05) is 13.1 Å². The first-order chi connectivity index (χ1) is 9.65. The molecule has 0 radical (unpaired) electrons. The minimum absolute atomic E-state index is 0.0785. The van der Waals surface area contributed by atoms with Gasteiger partial charge < -0.3 is 15.0 Å². The number of fused-ring (bicyclic) bond motifs is 1. The maximum absolute atomic E-state index is 12.6. The Morgan fingerprint density at radius 3 is 2.90 bits per heavy atom. The van der Waals surface area contributed by atoms with Crippen molar-refractivity contribution in [3.63, 3.8) is 0 Å². The minimum atomic E-state index is -0.422. The van der Waals surface area contributed by atoms with Crippen LogP contribution < -0.4 is 10.1 Å². The number of nitrogens with zero attached hydrogens (tertiary/aromatic N) is 1. The third kappa shape index (κ3) is 3.24. The lowest BCUT2D eigenvalue weighted by molar-refractivity contribution is -0.138. The summed E-state index contributed by atoms with van der Waals surface area (Å²) in [5, 5.41) is 3.27. The summed E-state index contributed by atoms with van der Waals surface area (Å²) < 4.78 is 5.84. The molecular formula is C16H24N2O2. The zero-order chi connectivity index (χ0) is 14.5. The second kappa shape index (κ2) is 6.64. The summed E-state index contributed by atoms with van der Waals surface area (Å²) in [7, 11) is 0. The largest absolute Gasteiger partial charge is 0.477 e. The van der Waals surface area contributed by atoms with E-state index in [-0.39, 0.29) is 5.91 Å². The summed E-state index contributed by atoms with van der Waals surface area (Å²) in [4.78, 5) is 14.4. The van der Waals surface area contributed by atoms with Gasteiger partial charge in [0.25, 0.3) is 5.91 Å². The third-order valence-electron chi connectivity index (χ3n) is 3.83. The molecule has 0 spiro atoms. The van der Waals surface area contributed by atoms with Crippen molar-refractivity contribution in [1.29, 1.82) is 0 Å². The second-order valence-corrected chi connectivity index (χ2v) is 5.37. The minimum Gasteiger partial charge on any atom is -0.477 e. The van der Waals surface area contributed by atoms with Gasteiger partial charge in [-0.25, -0.2) is 0 Å². The second-order valence-electron chi connectivity index (χ2n) is 5.37. The van der Waals surface area contributed by atoms with E-state index in [1.165, 1.54) is 0 Å². The van der Waals surface area contributed by atoms with Crippen LogP contribution in [0.4, 0.5) is 5.69 Å². The highest BCUT2D eigenvalue weighted by Gasteiger charge is 2.29. The van der Waals surface area contributed by atoms with Gasteiger partial charge in [-0.3, -0.25) is 4.79 Å². The molecule has 20 heavy (non-hydrogen) atoms. The van der Waals surface area contributed by atoms with Crippen LogP contribution >= 0.6 is 0 Å². The van der Waals surface area contributed by atoms with Crippen molar-refractivity contribution in [2.24, 2.45) is 5.92 Å². The van der Waals surface area contributed by atoms with Gasteiger partial charge in [0.1, 0.15) is 5.75 Å². The van der Waals surface area contributed by atoms with Crippen LogP contribution in [0.15, 0.2) is 24.3 Å². The first-order valence-electron chi connectivity index (χ1n) is 7.44. The summed E-state index contributed by atoms with van der Waals surface area (Å²) in [6, 6.07) is 7.74. The molecule has 2 atom stereocenters. The van der Waals surface area contributed by atoms with E-state index in [0.29, 0.717) is 12.5 Å². The van der Waals surface area contributed by atoms with Crippen LogP contribution in [0.3, 0.4) is 0 Å². The average molecular weight is 276 g/mol. The molecule has 1 heterocycles. The molecule has 1 aromatic carbocycles. The lowest BCUT2D eigenvalue weighted by Crippen LogP contribution is -2.48. The molecule has 0 fully saturated rings. The Kier molecular flexibility index (Phi) is 4.88. The van der Waals surface area contributed by atoms with Crippen molar-refractivity contribution in [1.82, 2.24) is 4.90 Å². The smallest absolute Gasteiger partial charge is 0.265 e. The van der Waals surface area contributed by atoms with E-state index in [9.17, 15) is 4.79 Å². The number of rotatable bonds is 5. The molecule has 0 saturated heterocycles. The number of hydrogen-bond acceptors (Lipinski definition) is 3. The van der Waals surface area contributed by atoms with Gasteiger partial charge in [0.2, 0.25) is 0 Å². The van der Waals surface area contributed by atoms with Gasteiger partial charge in [-0.2, -0.15) is 0 Å². The number of likely N-dealkylation sites (N-methyl/N-ethyl adjacent to an activating group) is 1. The molecule has 4 heteroatoms. The van der Waals surface area contributed by atoms with Gasteiger partial charge in [0.15, 0.2) is 6.10 Å². The summed E-state index contributed by atoms with van der Waals surface area (Å²) in [5.74, 6) is 1.36. The average Bonchev–Trinajstić information content (AvgIpc) is 2.51. The van der Waals surface area contributed by atoms with Crippen LogP contribution in [0.1, 0.15) is 27.2 Å². The Morgan fingerprint density at radius 2 is 2.20 bits per heavy atom. The number of carbonyl (C=O) groups excluding carboxylic acids is 1. The van der Waals surface area contributed by atoms with E-state index in [0.717, 1.165) is 30.9 Å². The fourth-order valence-electron chi connectivity index (χ4n) is 2.33. The molecule has 2 rings (SSSR count). The summed E-state index contributed by atoms with van der Waals surface area (Å²) >= 11 is 0. The van der Waals surface area contributed by atoms with Crippen molar-refractivity contribution < 1.29 is 9.53 Å². The molecule has 0 aromatic heterocycles. The summed E-state index contributed by atoms with van der Waals surface area (Å²) in [6.45, 7) is 8.40. The van der Waals surface area contributed by atoms with Gasteiger partial charge in [-0.05, 0) is 25.0 Å². The van der Waals surface area contributed by atoms with Gasteiger partial charge in [-0.15, -0.1) is 0 Å². The fourth-order valence-corrected chi connectivity index (χ4v) is 2.33. The number of amides is 1. The predicted molar refractivity (Wildman–Crippen MR) is 81.1 cm³/mol. The number of anilines is 1. The van der Waals surface area contributed by atoms with Gasteiger partial charge in [0.05, 0.1) is 12.2 Å². The van der Waals surface area contributed by atoms with Crippen LogP contribution in [0, 0.1) is 5.92 Å². The fraction of sp³-hybridized carbons (Fsp3) is 0.562. The topological polar surface area (TPSA) is 41.6 Å². The number of hydrogen-bond donors (Lipinski definition) is 1. The van der Waals surface area contributed by atoms with Crippen LogP contribution in [0.25, 0.3) is 0 Å². The molecule has 1 aliphatic heterocycles. The van der Waals surface area contributed by atoms with Crippen molar-refractivity contribution in [3.8, 4) is 5.75 Å². The molecule has 0 aliphatic carbocycles. The highest BCUT2D eigenvalue weighted by atomic mass is 16.5. The molecule has 1 aromatic rings. The Morgan fingerprint density at radius 1 is 1.45 bits per heavy atom. The Labute approximate surface area is 121 Å². The molecule has 0 saturated carbocycles. The molecule has 1 N–H and O–H groups in total. The van der Waals surface area contributed by atoms with Gasteiger partial charge >= 0.3 is 0 Å². The number of ether oxygens (including phenoxy) is 1. The zero-order valence-corrected chi connectivity index (χ0v) is 12.6. The SMILES string of the molecule is CCC(C)CN(CC)C(=O)C1CNc2ccccc2O1. The van der Waals surface area contributed by atoms with E-state index in [4.69, 9.17) is 4.74 Å². The van der Waals surface area contributed by atoms with E-state index >= 15 is 0 Å². The number of benzene rings is 1. The zero-order valence-electron chi connectivity index (χ0n) is 12.6. The number of para-hydroxylation sites is 2. The van der Waals surface area contributed by atoms with Crippen LogP contribution in [0.5, 0.6) is 5.75 Å². The molecular weight excluding hydrogens is 252 g/mol. The lowest BCUT2D eigenvalue weighted by atomic mass is 10.1. The standard InChI is InChI=1S/C16H24N2O2/c1-4-12(3)11-18(5-2)16(19)15-10-17-13-8-6-7-9-14(13)20-15/h6-9,12,15,17H,4-5,10-11H2,1-3H3. The predicted octanol–water partition coefficient (Wildman–Crippen LogP) is 2.75. The number of nitrogens with one attached hydrogen (secondary N) is 1. The maximum atomic E-state index is 12.6. The highest BCUT2D eigenvalue weighted by Crippen LogP contribution is 2.28. The molecule has 1 amide bonds.